The standard InChI is InChI=1S/C23H19ClN4O3/c24-17-7-3-2-6-16(17)23(29)25-11-12-30-22-10-9-21-26-14-18(28(21)27-22)20-13-15-5-1-4-8-19(15)31-20/h1-10,13-14,23,25,29H,11-12H2. The van der Waals surface area contributed by atoms with E-state index in [1.165, 1.54) is 0 Å². The summed E-state index contributed by atoms with van der Waals surface area (Å²) >= 11 is 6.11. The monoisotopic (exact) mass is 434 g/mol. The Bertz CT molecular complexity index is 1310. The highest BCUT2D eigenvalue weighted by atomic mass is 35.5. The van der Waals surface area contributed by atoms with E-state index in [9.17, 15) is 5.11 Å². The Morgan fingerprint density at radius 2 is 1.94 bits per heavy atom. The van der Waals surface area contributed by atoms with Gasteiger partial charge in [-0.05, 0) is 24.3 Å². The number of imidazole rings is 1. The molecule has 0 amide bonds. The first-order valence-electron chi connectivity index (χ1n) is 9.81. The molecule has 5 aromatic rings. The van der Waals surface area contributed by atoms with Crippen LogP contribution < -0.4 is 10.1 Å². The van der Waals surface area contributed by atoms with Crippen LogP contribution >= 0.6 is 11.6 Å². The highest BCUT2D eigenvalue weighted by Gasteiger charge is 2.13. The van der Waals surface area contributed by atoms with Crippen LogP contribution in [-0.4, -0.2) is 32.9 Å². The predicted octanol–water partition coefficient (Wildman–Crippen LogP) is 4.46. The highest BCUT2D eigenvalue weighted by Crippen LogP contribution is 2.28. The van der Waals surface area contributed by atoms with Crippen molar-refractivity contribution in [1.29, 1.82) is 0 Å². The van der Waals surface area contributed by atoms with Crippen LogP contribution in [0.1, 0.15) is 11.8 Å². The van der Waals surface area contributed by atoms with Gasteiger partial charge in [-0.1, -0.05) is 48.0 Å². The molecular weight excluding hydrogens is 416 g/mol. The molecule has 0 aliphatic rings. The number of benzene rings is 2. The first-order chi connectivity index (χ1) is 15.2. The minimum atomic E-state index is -0.874. The van der Waals surface area contributed by atoms with Crippen LogP contribution in [0.5, 0.6) is 5.88 Å². The molecule has 8 heteroatoms. The van der Waals surface area contributed by atoms with Gasteiger partial charge in [-0.25, -0.2) is 9.50 Å². The van der Waals surface area contributed by atoms with Crippen molar-refractivity contribution in [2.75, 3.05) is 13.2 Å². The summed E-state index contributed by atoms with van der Waals surface area (Å²) in [6, 6.07) is 20.5. The van der Waals surface area contributed by atoms with Crippen LogP contribution in [0.4, 0.5) is 0 Å². The normalized spacial score (nSPS) is 12.5. The van der Waals surface area contributed by atoms with E-state index in [0.29, 0.717) is 41.0 Å². The summed E-state index contributed by atoms with van der Waals surface area (Å²) in [4.78, 5) is 4.39. The number of aromatic nitrogens is 3. The SMILES string of the molecule is OC(NCCOc1ccc2ncc(-c3cc4ccccc4o3)n2n1)c1ccccc1Cl. The van der Waals surface area contributed by atoms with Gasteiger partial charge in [0, 0.05) is 28.6 Å². The van der Waals surface area contributed by atoms with Crippen LogP contribution in [0.25, 0.3) is 28.1 Å². The van der Waals surface area contributed by atoms with Crippen molar-refractivity contribution in [2.45, 2.75) is 6.23 Å². The third-order valence-corrected chi connectivity index (χ3v) is 5.25. The topological polar surface area (TPSA) is 84.8 Å². The number of nitrogens with one attached hydrogen (secondary N) is 1. The molecule has 2 aromatic carbocycles. The molecule has 0 bridgehead atoms. The van der Waals surface area contributed by atoms with Gasteiger partial charge in [-0.15, -0.1) is 5.10 Å². The number of aliphatic hydroxyl groups is 1. The molecular formula is C23H19ClN4O3. The number of nitrogens with zero attached hydrogens (tertiary/aromatic N) is 3. The lowest BCUT2D eigenvalue weighted by molar-refractivity contribution is 0.131. The van der Waals surface area contributed by atoms with Crippen LogP contribution in [0.15, 0.2) is 77.3 Å². The number of furan rings is 1. The summed E-state index contributed by atoms with van der Waals surface area (Å²) in [7, 11) is 0. The zero-order valence-electron chi connectivity index (χ0n) is 16.4. The van der Waals surface area contributed by atoms with Crippen LogP contribution in [0.3, 0.4) is 0 Å². The molecule has 5 rings (SSSR count). The number of aliphatic hydroxyl groups excluding tert-OH is 1. The number of rotatable bonds is 7. The van der Waals surface area contributed by atoms with E-state index in [4.69, 9.17) is 20.8 Å². The van der Waals surface area contributed by atoms with Crippen molar-refractivity contribution < 1.29 is 14.3 Å². The van der Waals surface area contributed by atoms with Crippen molar-refractivity contribution in [3.05, 3.63) is 83.5 Å². The largest absolute Gasteiger partial charge is 0.475 e. The molecule has 0 aliphatic heterocycles. The lowest BCUT2D eigenvalue weighted by Crippen LogP contribution is -2.26. The average molecular weight is 435 g/mol. The summed E-state index contributed by atoms with van der Waals surface area (Å²) in [6.07, 6.45) is 0.854. The number of ether oxygens (including phenoxy) is 1. The lowest BCUT2D eigenvalue weighted by atomic mass is 10.2. The zero-order chi connectivity index (χ0) is 21.2. The maximum atomic E-state index is 10.2. The third-order valence-electron chi connectivity index (χ3n) is 4.91. The molecule has 31 heavy (non-hydrogen) atoms. The van der Waals surface area contributed by atoms with Gasteiger partial charge in [-0.3, -0.25) is 5.32 Å². The fourth-order valence-electron chi connectivity index (χ4n) is 3.37. The van der Waals surface area contributed by atoms with Crippen LogP contribution in [0.2, 0.25) is 5.02 Å². The number of hydrogen-bond acceptors (Lipinski definition) is 6. The molecule has 7 nitrogen and oxygen atoms in total. The van der Waals surface area contributed by atoms with Crippen LogP contribution in [0, 0.1) is 0 Å². The van der Waals surface area contributed by atoms with Gasteiger partial charge in [0.15, 0.2) is 11.4 Å². The Kier molecular flexibility index (Phi) is 5.30. The highest BCUT2D eigenvalue weighted by molar-refractivity contribution is 6.31. The molecule has 156 valence electrons. The van der Waals surface area contributed by atoms with Gasteiger partial charge in [0.2, 0.25) is 5.88 Å². The van der Waals surface area contributed by atoms with Crippen molar-refractivity contribution in [3.63, 3.8) is 0 Å². The summed E-state index contributed by atoms with van der Waals surface area (Å²) in [6.45, 7) is 0.723. The first kappa shape index (κ1) is 19.6. The average Bonchev–Trinajstić information content (AvgIpc) is 3.40. The molecule has 1 atom stereocenters. The molecule has 0 radical (unpaired) electrons. The second-order valence-electron chi connectivity index (χ2n) is 6.96. The fourth-order valence-corrected chi connectivity index (χ4v) is 3.61. The first-order valence-corrected chi connectivity index (χ1v) is 10.2. The Morgan fingerprint density at radius 1 is 1.10 bits per heavy atom. The van der Waals surface area contributed by atoms with Gasteiger partial charge in [0.25, 0.3) is 0 Å². The number of halogens is 1. The van der Waals surface area contributed by atoms with Gasteiger partial charge in [-0.2, -0.15) is 0 Å². The zero-order valence-corrected chi connectivity index (χ0v) is 17.2. The Balaban J connectivity index is 1.28. The molecule has 0 fully saturated rings. The number of fused-ring (bicyclic) bond motifs is 2. The third kappa shape index (κ3) is 3.98. The Morgan fingerprint density at radius 3 is 2.81 bits per heavy atom. The smallest absolute Gasteiger partial charge is 0.231 e. The van der Waals surface area contributed by atoms with E-state index >= 15 is 0 Å². The minimum absolute atomic E-state index is 0.314. The molecule has 0 saturated carbocycles. The molecule has 3 heterocycles. The van der Waals surface area contributed by atoms with Crippen molar-refractivity contribution in [2.24, 2.45) is 0 Å². The maximum Gasteiger partial charge on any atom is 0.231 e. The second kappa shape index (κ2) is 8.39. The molecule has 2 N–H and O–H groups in total. The summed E-state index contributed by atoms with van der Waals surface area (Å²) in [5, 5.41) is 19.3. The van der Waals surface area contributed by atoms with E-state index in [2.05, 4.69) is 15.4 Å². The van der Waals surface area contributed by atoms with Crippen molar-refractivity contribution >= 4 is 28.2 Å². The Labute approximate surface area is 182 Å². The van der Waals surface area contributed by atoms with Crippen molar-refractivity contribution in [3.8, 4) is 17.3 Å². The predicted molar refractivity (Wildman–Crippen MR) is 118 cm³/mol. The van der Waals surface area contributed by atoms with E-state index in [0.717, 1.165) is 16.7 Å². The molecule has 0 saturated heterocycles. The van der Waals surface area contributed by atoms with E-state index in [1.54, 1.807) is 28.9 Å². The summed E-state index contributed by atoms with van der Waals surface area (Å²) < 4.78 is 13.4. The second-order valence-corrected chi connectivity index (χ2v) is 7.37. The lowest BCUT2D eigenvalue weighted by Gasteiger charge is -2.14. The van der Waals surface area contributed by atoms with Gasteiger partial charge < -0.3 is 14.3 Å². The van der Waals surface area contributed by atoms with E-state index in [-0.39, 0.29) is 0 Å². The number of hydrogen-bond donors (Lipinski definition) is 2. The fraction of sp³-hybridized carbons (Fsp3) is 0.130. The van der Waals surface area contributed by atoms with Gasteiger partial charge in [0.05, 0.1) is 6.20 Å². The van der Waals surface area contributed by atoms with Crippen LogP contribution in [-0.2, 0) is 0 Å². The maximum absolute atomic E-state index is 10.2. The van der Waals surface area contributed by atoms with E-state index in [1.807, 2.05) is 48.5 Å². The van der Waals surface area contributed by atoms with Gasteiger partial charge in [0.1, 0.15) is 24.1 Å². The minimum Gasteiger partial charge on any atom is -0.475 e. The Hall–Kier alpha value is -3.39. The molecule has 3 aromatic heterocycles. The molecule has 1 unspecified atom stereocenters. The summed E-state index contributed by atoms with van der Waals surface area (Å²) in [5.41, 5.74) is 2.86. The summed E-state index contributed by atoms with van der Waals surface area (Å²) in [5.74, 6) is 1.12. The van der Waals surface area contributed by atoms with E-state index < -0.39 is 6.23 Å². The quantitative estimate of drug-likeness (QED) is 0.290. The number of para-hydroxylation sites is 1. The van der Waals surface area contributed by atoms with Gasteiger partial charge >= 0.3 is 0 Å². The molecule has 0 aliphatic carbocycles. The van der Waals surface area contributed by atoms with Crippen molar-refractivity contribution in [1.82, 2.24) is 19.9 Å². The molecule has 0 spiro atoms.